The Labute approximate surface area is 145 Å². The zero-order chi connectivity index (χ0) is 17.8. The fourth-order valence-corrected chi connectivity index (χ4v) is 2.93. The highest BCUT2D eigenvalue weighted by Gasteiger charge is 2.33. The Morgan fingerprint density at radius 2 is 1.80 bits per heavy atom. The van der Waals surface area contributed by atoms with Crippen molar-refractivity contribution in [1.82, 2.24) is 5.32 Å². The van der Waals surface area contributed by atoms with Crippen LogP contribution in [0.25, 0.3) is 0 Å². The Bertz CT molecular complexity index is 804. The zero-order valence-corrected chi connectivity index (χ0v) is 13.7. The van der Waals surface area contributed by atoms with E-state index in [2.05, 4.69) is 10.6 Å². The molecule has 2 aromatic carbocycles. The highest BCUT2D eigenvalue weighted by Crippen LogP contribution is 2.32. The molecule has 2 amide bonds. The van der Waals surface area contributed by atoms with E-state index >= 15 is 0 Å². The predicted molar refractivity (Wildman–Crippen MR) is 91.8 cm³/mol. The molecule has 2 atom stereocenters. The van der Waals surface area contributed by atoms with Crippen molar-refractivity contribution in [3.05, 3.63) is 65.7 Å². The number of para-hydroxylation sites is 1. The Morgan fingerprint density at radius 3 is 2.52 bits per heavy atom. The molecular formula is C19H18N2O4. The molecule has 6 nitrogen and oxygen atoms in total. The lowest BCUT2D eigenvalue weighted by Crippen LogP contribution is -2.40. The van der Waals surface area contributed by atoms with Gasteiger partial charge in [0.2, 0.25) is 11.8 Å². The van der Waals surface area contributed by atoms with Crippen molar-refractivity contribution in [2.24, 2.45) is 0 Å². The lowest BCUT2D eigenvalue weighted by atomic mass is 9.89. The smallest absolute Gasteiger partial charge is 0.333 e. The quantitative estimate of drug-likeness (QED) is 0.837. The first-order chi connectivity index (χ1) is 12.1. The Balaban J connectivity index is 1.87. The Morgan fingerprint density at radius 1 is 1.12 bits per heavy atom. The minimum atomic E-state index is -0.921. The van der Waals surface area contributed by atoms with E-state index in [0.29, 0.717) is 11.3 Å². The molecule has 2 unspecified atom stereocenters. The molecule has 3 rings (SSSR count). The third-order valence-electron chi connectivity index (χ3n) is 4.17. The third kappa shape index (κ3) is 3.52. The molecule has 2 aromatic rings. The fraction of sp³-hybridized carbons (Fsp3) is 0.211. The first-order valence-corrected chi connectivity index (χ1v) is 7.92. The van der Waals surface area contributed by atoms with Gasteiger partial charge in [-0.25, -0.2) is 4.79 Å². The lowest BCUT2D eigenvalue weighted by Gasteiger charge is -2.26. The molecule has 1 aliphatic heterocycles. The van der Waals surface area contributed by atoms with Crippen molar-refractivity contribution in [3.8, 4) is 0 Å². The summed E-state index contributed by atoms with van der Waals surface area (Å²) in [6.07, 6.45) is 0.0333. The van der Waals surface area contributed by atoms with Gasteiger partial charge in [0, 0.05) is 12.1 Å². The van der Waals surface area contributed by atoms with Gasteiger partial charge in [-0.1, -0.05) is 48.5 Å². The summed E-state index contributed by atoms with van der Waals surface area (Å²) in [7, 11) is 1.27. The number of fused-ring (bicyclic) bond motifs is 1. The molecule has 0 radical (unpaired) electrons. The summed E-state index contributed by atoms with van der Waals surface area (Å²) < 4.78 is 4.81. The number of anilines is 1. The van der Waals surface area contributed by atoms with Crippen molar-refractivity contribution >= 4 is 23.5 Å². The van der Waals surface area contributed by atoms with Gasteiger partial charge in [-0.3, -0.25) is 9.59 Å². The number of methoxy groups -OCH3 is 1. The van der Waals surface area contributed by atoms with E-state index in [-0.39, 0.29) is 18.2 Å². The van der Waals surface area contributed by atoms with Gasteiger partial charge in [-0.2, -0.15) is 0 Å². The molecule has 0 fully saturated rings. The van der Waals surface area contributed by atoms with Crippen LogP contribution in [0.4, 0.5) is 5.69 Å². The van der Waals surface area contributed by atoms with Crippen LogP contribution in [0.2, 0.25) is 0 Å². The van der Waals surface area contributed by atoms with Crippen LogP contribution < -0.4 is 10.6 Å². The highest BCUT2D eigenvalue weighted by molar-refractivity contribution is 6.01. The third-order valence-corrected chi connectivity index (χ3v) is 4.17. The molecule has 0 saturated carbocycles. The van der Waals surface area contributed by atoms with Gasteiger partial charge in [-0.05, 0) is 17.2 Å². The van der Waals surface area contributed by atoms with Crippen LogP contribution in [0.3, 0.4) is 0 Å². The van der Waals surface area contributed by atoms with E-state index in [1.54, 1.807) is 42.5 Å². The van der Waals surface area contributed by atoms with Gasteiger partial charge in [0.25, 0.3) is 0 Å². The van der Waals surface area contributed by atoms with Crippen molar-refractivity contribution in [3.63, 3.8) is 0 Å². The second-order valence-electron chi connectivity index (χ2n) is 5.77. The first kappa shape index (κ1) is 16.7. The molecule has 128 valence electrons. The summed E-state index contributed by atoms with van der Waals surface area (Å²) in [4.78, 5) is 36.8. The second kappa shape index (κ2) is 7.17. The van der Waals surface area contributed by atoms with Crippen LogP contribution in [0, 0.1) is 0 Å². The first-order valence-electron chi connectivity index (χ1n) is 7.92. The number of nitrogens with one attached hydrogen (secondary N) is 2. The van der Waals surface area contributed by atoms with Gasteiger partial charge in [0.05, 0.1) is 13.0 Å². The average Bonchev–Trinajstić information content (AvgIpc) is 2.65. The summed E-state index contributed by atoms with van der Waals surface area (Å²) >= 11 is 0. The van der Waals surface area contributed by atoms with Gasteiger partial charge < -0.3 is 15.4 Å². The number of carbonyl (C=O) groups excluding carboxylic acids is 3. The number of benzene rings is 2. The van der Waals surface area contributed by atoms with Crippen LogP contribution in [0.5, 0.6) is 0 Å². The van der Waals surface area contributed by atoms with Crippen LogP contribution in [-0.4, -0.2) is 24.9 Å². The molecule has 0 bridgehead atoms. The maximum atomic E-state index is 12.8. The number of ether oxygens (including phenoxy) is 1. The zero-order valence-electron chi connectivity index (χ0n) is 13.7. The molecule has 6 heteroatoms. The van der Waals surface area contributed by atoms with E-state index in [1.807, 2.05) is 12.1 Å². The van der Waals surface area contributed by atoms with Crippen molar-refractivity contribution in [2.75, 3.05) is 12.4 Å². The summed E-state index contributed by atoms with van der Waals surface area (Å²) in [5.74, 6) is -1.83. The van der Waals surface area contributed by atoms with Crippen LogP contribution in [0.15, 0.2) is 54.6 Å². The number of carbonyl (C=O) groups is 3. The van der Waals surface area contributed by atoms with Crippen LogP contribution in [0.1, 0.15) is 29.5 Å². The van der Waals surface area contributed by atoms with E-state index in [4.69, 9.17) is 4.74 Å². The maximum Gasteiger partial charge on any atom is 0.333 e. The van der Waals surface area contributed by atoms with Gasteiger partial charge in [0.15, 0.2) is 6.04 Å². The summed E-state index contributed by atoms with van der Waals surface area (Å²) in [5.41, 5.74) is 1.97. The van der Waals surface area contributed by atoms with Crippen LogP contribution >= 0.6 is 0 Å². The summed E-state index contributed by atoms with van der Waals surface area (Å²) in [5, 5.41) is 5.47. The fourth-order valence-electron chi connectivity index (χ4n) is 2.93. The molecule has 0 aromatic heterocycles. The highest BCUT2D eigenvalue weighted by atomic mass is 16.5. The van der Waals surface area contributed by atoms with Gasteiger partial charge >= 0.3 is 5.97 Å². The number of hydrogen-bond donors (Lipinski definition) is 2. The number of rotatable bonds is 4. The van der Waals surface area contributed by atoms with Crippen molar-refractivity contribution in [2.45, 2.75) is 18.4 Å². The molecule has 1 heterocycles. The van der Waals surface area contributed by atoms with E-state index < -0.39 is 17.9 Å². The van der Waals surface area contributed by atoms with Gasteiger partial charge in [-0.15, -0.1) is 0 Å². The molecule has 0 saturated heterocycles. The molecule has 2 N–H and O–H groups in total. The molecule has 25 heavy (non-hydrogen) atoms. The summed E-state index contributed by atoms with van der Waals surface area (Å²) in [6, 6.07) is 15.1. The van der Waals surface area contributed by atoms with Crippen molar-refractivity contribution in [1.29, 1.82) is 0 Å². The van der Waals surface area contributed by atoms with E-state index in [0.717, 1.165) is 5.56 Å². The molecule has 1 aliphatic rings. The lowest BCUT2D eigenvalue weighted by molar-refractivity contribution is -0.145. The summed E-state index contributed by atoms with van der Waals surface area (Å²) in [6.45, 7) is 0. The minimum Gasteiger partial charge on any atom is -0.467 e. The molecule has 0 aliphatic carbocycles. The largest absolute Gasteiger partial charge is 0.467 e. The number of esters is 1. The van der Waals surface area contributed by atoms with Gasteiger partial charge in [0.1, 0.15) is 0 Å². The Kier molecular flexibility index (Phi) is 4.79. The van der Waals surface area contributed by atoms with E-state index in [1.165, 1.54) is 7.11 Å². The van der Waals surface area contributed by atoms with Crippen molar-refractivity contribution < 1.29 is 19.1 Å². The number of amides is 2. The topological polar surface area (TPSA) is 84.5 Å². The Hall–Kier alpha value is -3.15. The second-order valence-corrected chi connectivity index (χ2v) is 5.77. The maximum absolute atomic E-state index is 12.8. The standard InChI is InChI=1S/C19H18N2O4/c1-25-19(24)17(12-7-3-2-4-8-12)21-18(23)14-11-16(22)20-15-10-6-5-9-13(14)15/h2-10,14,17H,11H2,1H3,(H,20,22)(H,21,23). The predicted octanol–water partition coefficient (Wildman–Crippen LogP) is 2.14. The number of hydrogen-bond acceptors (Lipinski definition) is 4. The minimum absolute atomic E-state index is 0.0333. The van der Waals surface area contributed by atoms with Crippen LogP contribution in [-0.2, 0) is 19.1 Å². The van der Waals surface area contributed by atoms with E-state index in [9.17, 15) is 14.4 Å². The normalized spacial score (nSPS) is 17.0. The SMILES string of the molecule is COC(=O)C(NC(=O)C1CC(=O)Nc2ccccc21)c1ccccc1. The molecule has 0 spiro atoms. The average molecular weight is 338 g/mol. The monoisotopic (exact) mass is 338 g/mol. The molecular weight excluding hydrogens is 320 g/mol.